The van der Waals surface area contributed by atoms with Crippen LogP contribution in [0.2, 0.25) is 0 Å². The van der Waals surface area contributed by atoms with E-state index < -0.39 is 6.10 Å². The Labute approximate surface area is 123 Å². The van der Waals surface area contributed by atoms with Gasteiger partial charge < -0.3 is 10.0 Å². The number of hydrogen-bond acceptors (Lipinski definition) is 3. The van der Waals surface area contributed by atoms with Gasteiger partial charge in [-0.2, -0.15) is 5.10 Å². The first-order chi connectivity index (χ1) is 10.1. The number of nitrogens with one attached hydrogen (secondary N) is 1. The molecule has 5 heteroatoms. The van der Waals surface area contributed by atoms with E-state index >= 15 is 0 Å². The van der Waals surface area contributed by atoms with Crippen LogP contribution in [-0.2, 0) is 0 Å². The molecule has 1 aliphatic rings. The van der Waals surface area contributed by atoms with Crippen molar-refractivity contribution >= 4 is 5.91 Å². The number of rotatable bonds is 2. The van der Waals surface area contributed by atoms with Crippen LogP contribution in [0.25, 0.3) is 11.3 Å². The Bertz CT molecular complexity index is 633. The second-order valence-electron chi connectivity index (χ2n) is 5.58. The smallest absolute Gasteiger partial charge is 0.271 e. The van der Waals surface area contributed by atoms with Gasteiger partial charge in [0.05, 0.1) is 11.8 Å². The molecule has 5 nitrogen and oxygen atoms in total. The summed E-state index contributed by atoms with van der Waals surface area (Å²) in [5.74, 6) is -0.0976. The minimum Gasteiger partial charge on any atom is -0.391 e. The average molecular weight is 285 g/mol. The Morgan fingerprint density at radius 3 is 2.86 bits per heavy atom. The predicted octanol–water partition coefficient (Wildman–Crippen LogP) is 1.98. The molecule has 110 valence electrons. The number of β-amino-alcohol motifs (C(OH)–C–C–N with tert-alkyl or cyclic N) is 1. The molecule has 1 aliphatic heterocycles. The zero-order valence-electron chi connectivity index (χ0n) is 12.0. The van der Waals surface area contributed by atoms with Gasteiger partial charge in [0.2, 0.25) is 0 Å². The Hall–Kier alpha value is -2.14. The van der Waals surface area contributed by atoms with Gasteiger partial charge >= 0.3 is 0 Å². The van der Waals surface area contributed by atoms with E-state index in [1.165, 1.54) is 5.56 Å². The molecule has 0 spiro atoms. The molecule has 1 unspecified atom stereocenters. The van der Waals surface area contributed by atoms with Gasteiger partial charge in [0.15, 0.2) is 0 Å². The molecular weight excluding hydrogens is 266 g/mol. The van der Waals surface area contributed by atoms with E-state index in [0.717, 1.165) is 24.1 Å². The van der Waals surface area contributed by atoms with Gasteiger partial charge in [0, 0.05) is 18.7 Å². The monoisotopic (exact) mass is 285 g/mol. The van der Waals surface area contributed by atoms with Gasteiger partial charge in [-0.25, -0.2) is 0 Å². The summed E-state index contributed by atoms with van der Waals surface area (Å²) in [6.07, 6.45) is 1.19. The van der Waals surface area contributed by atoms with Gasteiger partial charge in [-0.1, -0.05) is 29.8 Å². The lowest BCUT2D eigenvalue weighted by Crippen LogP contribution is -2.42. The van der Waals surface area contributed by atoms with E-state index in [1.54, 1.807) is 11.0 Å². The van der Waals surface area contributed by atoms with Gasteiger partial charge in [0.25, 0.3) is 5.91 Å². The van der Waals surface area contributed by atoms with E-state index in [9.17, 15) is 9.90 Å². The zero-order chi connectivity index (χ0) is 14.8. The van der Waals surface area contributed by atoms with Crippen LogP contribution < -0.4 is 0 Å². The lowest BCUT2D eigenvalue weighted by Gasteiger charge is -2.29. The predicted molar refractivity (Wildman–Crippen MR) is 79.9 cm³/mol. The molecule has 0 saturated carbocycles. The maximum Gasteiger partial charge on any atom is 0.271 e. The Morgan fingerprint density at radius 1 is 1.38 bits per heavy atom. The van der Waals surface area contributed by atoms with E-state index in [2.05, 4.69) is 10.2 Å². The van der Waals surface area contributed by atoms with Crippen LogP contribution in [0, 0.1) is 6.92 Å². The summed E-state index contributed by atoms with van der Waals surface area (Å²) in [6.45, 7) is 3.12. The number of aliphatic hydroxyl groups is 1. The van der Waals surface area contributed by atoms with Crippen molar-refractivity contribution in [3.05, 3.63) is 41.6 Å². The van der Waals surface area contributed by atoms with Crippen LogP contribution in [0.1, 0.15) is 28.9 Å². The molecule has 1 saturated heterocycles. The number of hydrogen-bond donors (Lipinski definition) is 2. The molecule has 0 bridgehead atoms. The third-order valence-electron chi connectivity index (χ3n) is 3.84. The number of carbonyl (C=O) groups excluding carboxylic acids is 1. The fourth-order valence-corrected chi connectivity index (χ4v) is 2.61. The first-order valence-electron chi connectivity index (χ1n) is 7.23. The van der Waals surface area contributed by atoms with Crippen LogP contribution in [-0.4, -0.2) is 45.3 Å². The summed E-state index contributed by atoms with van der Waals surface area (Å²) in [5.41, 5.74) is 3.40. The molecule has 1 aromatic carbocycles. The normalized spacial score (nSPS) is 18.8. The molecule has 2 N–H and O–H groups in total. The van der Waals surface area contributed by atoms with Crippen molar-refractivity contribution in [2.24, 2.45) is 0 Å². The van der Waals surface area contributed by atoms with E-state index in [0.29, 0.717) is 18.8 Å². The van der Waals surface area contributed by atoms with Crippen molar-refractivity contribution < 1.29 is 9.90 Å². The summed E-state index contributed by atoms with van der Waals surface area (Å²) in [7, 11) is 0. The standard InChI is InChI=1S/C16H19N3O2/c1-11-4-6-12(7-5-11)14-9-15(18-17-14)16(21)19-8-2-3-13(20)10-19/h4-7,9,13,20H,2-3,8,10H2,1H3,(H,17,18). The second kappa shape index (κ2) is 5.69. The molecule has 2 heterocycles. The summed E-state index contributed by atoms with van der Waals surface area (Å²) in [6, 6.07) is 9.79. The second-order valence-corrected chi connectivity index (χ2v) is 5.58. The van der Waals surface area contributed by atoms with Gasteiger partial charge in [0.1, 0.15) is 5.69 Å². The molecule has 0 aliphatic carbocycles. The maximum atomic E-state index is 12.4. The van der Waals surface area contributed by atoms with Crippen molar-refractivity contribution in [1.82, 2.24) is 15.1 Å². The molecule has 1 aromatic heterocycles. The lowest BCUT2D eigenvalue weighted by molar-refractivity contribution is 0.0469. The summed E-state index contributed by atoms with van der Waals surface area (Å²) in [5, 5.41) is 16.7. The maximum absolute atomic E-state index is 12.4. The van der Waals surface area contributed by atoms with Crippen LogP contribution in [0.3, 0.4) is 0 Å². The molecule has 0 radical (unpaired) electrons. The third-order valence-corrected chi connectivity index (χ3v) is 3.84. The number of likely N-dealkylation sites (tertiary alicyclic amines) is 1. The molecule has 1 atom stereocenters. The van der Waals surface area contributed by atoms with Crippen LogP contribution in [0.5, 0.6) is 0 Å². The van der Waals surface area contributed by atoms with Gasteiger partial charge in [-0.3, -0.25) is 9.89 Å². The number of aromatic nitrogens is 2. The minimum atomic E-state index is -0.415. The first-order valence-corrected chi connectivity index (χ1v) is 7.23. The van der Waals surface area contributed by atoms with E-state index in [4.69, 9.17) is 0 Å². The van der Waals surface area contributed by atoms with Crippen LogP contribution >= 0.6 is 0 Å². The van der Waals surface area contributed by atoms with Crippen LogP contribution in [0.4, 0.5) is 0 Å². The quantitative estimate of drug-likeness (QED) is 0.886. The number of aromatic amines is 1. The number of amides is 1. The fraction of sp³-hybridized carbons (Fsp3) is 0.375. The number of carbonyl (C=O) groups is 1. The highest BCUT2D eigenvalue weighted by Crippen LogP contribution is 2.20. The van der Waals surface area contributed by atoms with Crippen molar-refractivity contribution in [3.63, 3.8) is 0 Å². The average Bonchev–Trinajstić information content (AvgIpc) is 2.97. The molecule has 3 rings (SSSR count). The fourth-order valence-electron chi connectivity index (χ4n) is 2.61. The van der Waals surface area contributed by atoms with Crippen molar-refractivity contribution in [3.8, 4) is 11.3 Å². The minimum absolute atomic E-state index is 0.0976. The highest BCUT2D eigenvalue weighted by Gasteiger charge is 2.24. The topological polar surface area (TPSA) is 69.2 Å². The number of nitrogens with zero attached hydrogens (tertiary/aromatic N) is 2. The Balaban J connectivity index is 1.78. The number of piperidine rings is 1. The van der Waals surface area contributed by atoms with E-state index in [1.807, 2.05) is 31.2 Å². The SMILES string of the molecule is Cc1ccc(-c2cc(C(=O)N3CCCC(O)C3)[nH]n2)cc1. The molecular formula is C16H19N3O2. The number of aryl methyl sites for hydroxylation is 1. The first kappa shape index (κ1) is 13.8. The third kappa shape index (κ3) is 2.97. The van der Waals surface area contributed by atoms with Gasteiger partial charge in [-0.05, 0) is 25.8 Å². The van der Waals surface area contributed by atoms with E-state index in [-0.39, 0.29) is 5.91 Å². The van der Waals surface area contributed by atoms with Gasteiger partial charge in [-0.15, -0.1) is 0 Å². The summed E-state index contributed by atoms with van der Waals surface area (Å²) < 4.78 is 0. The number of benzene rings is 1. The lowest BCUT2D eigenvalue weighted by atomic mass is 10.1. The Morgan fingerprint density at radius 2 is 2.14 bits per heavy atom. The largest absolute Gasteiger partial charge is 0.391 e. The molecule has 1 amide bonds. The number of aliphatic hydroxyl groups excluding tert-OH is 1. The zero-order valence-corrected chi connectivity index (χ0v) is 12.0. The van der Waals surface area contributed by atoms with Crippen molar-refractivity contribution in [2.75, 3.05) is 13.1 Å². The molecule has 21 heavy (non-hydrogen) atoms. The molecule has 2 aromatic rings. The highest BCUT2D eigenvalue weighted by molar-refractivity contribution is 5.93. The van der Waals surface area contributed by atoms with Crippen LogP contribution in [0.15, 0.2) is 30.3 Å². The number of H-pyrrole nitrogens is 1. The summed E-state index contributed by atoms with van der Waals surface area (Å²) in [4.78, 5) is 14.1. The van der Waals surface area contributed by atoms with Crippen molar-refractivity contribution in [1.29, 1.82) is 0 Å². The van der Waals surface area contributed by atoms with Crippen molar-refractivity contribution in [2.45, 2.75) is 25.9 Å². The Kier molecular flexibility index (Phi) is 3.75. The highest BCUT2D eigenvalue weighted by atomic mass is 16.3. The summed E-state index contributed by atoms with van der Waals surface area (Å²) >= 11 is 0. The molecule has 1 fully saturated rings.